The number of hydrogen-bond acceptors (Lipinski definition) is 5. The number of anilines is 3. The smallest absolute Gasteiger partial charge is 0.152 e. The molecule has 0 saturated carbocycles. The van der Waals surface area contributed by atoms with Crippen molar-refractivity contribution in [3.8, 4) is 0 Å². The molecule has 4 rings (SSSR count). The third-order valence-corrected chi connectivity index (χ3v) is 4.77. The first-order valence-electron chi connectivity index (χ1n) is 7.75. The van der Waals surface area contributed by atoms with Crippen LogP contribution in [-0.2, 0) is 0 Å². The number of fused-ring (bicyclic) bond motifs is 4. The predicted octanol–water partition coefficient (Wildman–Crippen LogP) is 1.23. The first-order chi connectivity index (χ1) is 9.79. The van der Waals surface area contributed by atoms with Gasteiger partial charge in [-0.25, -0.2) is 4.98 Å². The van der Waals surface area contributed by atoms with Gasteiger partial charge in [-0.2, -0.15) is 0 Å². The highest BCUT2D eigenvalue weighted by atomic mass is 15.3. The molecule has 5 nitrogen and oxygen atoms in total. The predicted molar refractivity (Wildman–Crippen MR) is 82.8 cm³/mol. The zero-order chi connectivity index (χ0) is 13.5. The minimum absolute atomic E-state index is 0.598. The first kappa shape index (κ1) is 12.3. The van der Waals surface area contributed by atoms with Crippen molar-refractivity contribution in [2.75, 3.05) is 61.4 Å². The second-order valence-electron chi connectivity index (χ2n) is 6.26. The molecular weight excluding hydrogens is 250 g/mol. The maximum absolute atomic E-state index is 4.90. The quantitative estimate of drug-likeness (QED) is 0.832. The van der Waals surface area contributed by atoms with Gasteiger partial charge in [0, 0.05) is 38.8 Å². The Labute approximate surface area is 120 Å². The summed E-state index contributed by atoms with van der Waals surface area (Å²) in [4.78, 5) is 12.2. The fourth-order valence-electron chi connectivity index (χ4n) is 3.54. The van der Waals surface area contributed by atoms with E-state index in [2.05, 4.69) is 39.2 Å². The summed E-state index contributed by atoms with van der Waals surface area (Å²) < 4.78 is 0. The van der Waals surface area contributed by atoms with Crippen LogP contribution in [0.3, 0.4) is 0 Å². The molecule has 0 radical (unpaired) electrons. The summed E-state index contributed by atoms with van der Waals surface area (Å²) in [5.74, 6) is 2.22. The second kappa shape index (κ2) is 4.81. The SMILES string of the molecule is CN1CCCN(c2ccc3c(n2)N[C@H]2CCN3C2)CC1. The average Bonchev–Trinajstić information content (AvgIpc) is 2.71. The monoisotopic (exact) mass is 273 g/mol. The van der Waals surface area contributed by atoms with Crippen molar-refractivity contribution in [1.82, 2.24) is 9.88 Å². The lowest BCUT2D eigenvalue weighted by Crippen LogP contribution is -2.33. The maximum Gasteiger partial charge on any atom is 0.152 e. The van der Waals surface area contributed by atoms with E-state index >= 15 is 0 Å². The Hall–Kier alpha value is -1.49. The van der Waals surface area contributed by atoms with E-state index in [1.807, 2.05) is 0 Å². The van der Waals surface area contributed by atoms with E-state index in [4.69, 9.17) is 4.98 Å². The van der Waals surface area contributed by atoms with Gasteiger partial charge in [0.25, 0.3) is 0 Å². The highest BCUT2D eigenvalue weighted by molar-refractivity contribution is 5.72. The minimum Gasteiger partial charge on any atom is -0.366 e. The van der Waals surface area contributed by atoms with Crippen molar-refractivity contribution in [1.29, 1.82) is 0 Å². The summed E-state index contributed by atoms with van der Waals surface area (Å²) in [6, 6.07) is 5.05. The van der Waals surface area contributed by atoms with Crippen LogP contribution < -0.4 is 15.1 Å². The highest BCUT2D eigenvalue weighted by Crippen LogP contribution is 2.35. The number of likely N-dealkylation sites (N-methyl/N-ethyl adjacent to an activating group) is 1. The number of nitrogens with zero attached hydrogens (tertiary/aromatic N) is 4. The van der Waals surface area contributed by atoms with E-state index < -0.39 is 0 Å². The molecule has 1 atom stereocenters. The van der Waals surface area contributed by atoms with Crippen molar-refractivity contribution in [2.45, 2.75) is 18.9 Å². The van der Waals surface area contributed by atoms with Gasteiger partial charge in [-0.05, 0) is 38.6 Å². The molecule has 2 fully saturated rings. The third-order valence-electron chi connectivity index (χ3n) is 4.77. The lowest BCUT2D eigenvalue weighted by molar-refractivity contribution is 0.360. The molecule has 0 unspecified atom stereocenters. The second-order valence-corrected chi connectivity index (χ2v) is 6.26. The summed E-state index contributed by atoms with van der Waals surface area (Å²) in [6.07, 6.45) is 2.46. The Morgan fingerprint density at radius 2 is 2.05 bits per heavy atom. The molecule has 20 heavy (non-hydrogen) atoms. The Balaban J connectivity index is 1.59. The fourth-order valence-corrected chi connectivity index (χ4v) is 3.54. The molecule has 3 aliphatic heterocycles. The molecule has 0 aromatic carbocycles. The van der Waals surface area contributed by atoms with Crippen LogP contribution >= 0.6 is 0 Å². The third kappa shape index (κ3) is 2.10. The van der Waals surface area contributed by atoms with Crippen molar-refractivity contribution < 1.29 is 0 Å². The lowest BCUT2D eigenvalue weighted by atomic mass is 10.2. The molecule has 3 aliphatic rings. The Bertz CT molecular complexity index is 503. The number of hydrogen-bond donors (Lipinski definition) is 1. The first-order valence-corrected chi connectivity index (χ1v) is 7.75. The van der Waals surface area contributed by atoms with Crippen molar-refractivity contribution in [3.05, 3.63) is 12.1 Å². The van der Waals surface area contributed by atoms with E-state index in [0.717, 1.165) is 37.8 Å². The largest absolute Gasteiger partial charge is 0.366 e. The molecule has 1 aromatic heterocycles. The molecule has 0 amide bonds. The van der Waals surface area contributed by atoms with Gasteiger partial charge in [0.05, 0.1) is 5.69 Å². The summed E-state index contributed by atoms with van der Waals surface area (Å²) in [6.45, 7) is 6.82. The molecule has 108 valence electrons. The highest BCUT2D eigenvalue weighted by Gasteiger charge is 2.31. The van der Waals surface area contributed by atoms with Crippen LogP contribution in [0.25, 0.3) is 0 Å². The summed E-state index contributed by atoms with van der Waals surface area (Å²) in [5, 5.41) is 3.60. The molecule has 2 saturated heterocycles. The number of rotatable bonds is 1. The average molecular weight is 273 g/mol. The van der Waals surface area contributed by atoms with Crippen molar-refractivity contribution in [3.63, 3.8) is 0 Å². The lowest BCUT2D eigenvalue weighted by Gasteiger charge is -2.29. The van der Waals surface area contributed by atoms with Crippen LogP contribution in [0.5, 0.6) is 0 Å². The van der Waals surface area contributed by atoms with Gasteiger partial charge < -0.3 is 20.0 Å². The van der Waals surface area contributed by atoms with Crippen LogP contribution in [0.1, 0.15) is 12.8 Å². The zero-order valence-electron chi connectivity index (χ0n) is 12.2. The van der Waals surface area contributed by atoms with Crippen LogP contribution in [0.4, 0.5) is 17.3 Å². The Kier molecular flexibility index (Phi) is 2.95. The van der Waals surface area contributed by atoms with Crippen LogP contribution in [0.2, 0.25) is 0 Å². The van der Waals surface area contributed by atoms with Gasteiger partial charge >= 0.3 is 0 Å². The van der Waals surface area contributed by atoms with Gasteiger partial charge in [-0.3, -0.25) is 0 Å². The molecule has 4 heterocycles. The van der Waals surface area contributed by atoms with Crippen LogP contribution in [0, 0.1) is 0 Å². The molecule has 1 N–H and O–H groups in total. The normalized spacial score (nSPS) is 26.1. The van der Waals surface area contributed by atoms with Crippen molar-refractivity contribution in [2.24, 2.45) is 0 Å². The van der Waals surface area contributed by atoms with Gasteiger partial charge in [-0.15, -0.1) is 0 Å². The zero-order valence-corrected chi connectivity index (χ0v) is 12.2. The Morgan fingerprint density at radius 1 is 1.10 bits per heavy atom. The van der Waals surface area contributed by atoms with Gasteiger partial charge in [0.2, 0.25) is 0 Å². The van der Waals surface area contributed by atoms with Gasteiger partial charge in [0.15, 0.2) is 5.82 Å². The standard InChI is InChI=1S/C15H23N5/c1-18-6-2-7-19(10-9-18)14-4-3-13-15(17-14)16-12-5-8-20(13)11-12/h3-4,12H,2,5-11H2,1H3,(H,16,17)/t12-/m0/s1. The molecule has 2 bridgehead atoms. The topological polar surface area (TPSA) is 34.6 Å². The van der Waals surface area contributed by atoms with E-state index in [0.29, 0.717) is 6.04 Å². The summed E-state index contributed by atoms with van der Waals surface area (Å²) in [5.41, 5.74) is 1.29. The van der Waals surface area contributed by atoms with Gasteiger partial charge in [0.1, 0.15) is 5.82 Å². The van der Waals surface area contributed by atoms with E-state index in [1.54, 1.807) is 0 Å². The Morgan fingerprint density at radius 3 is 3.00 bits per heavy atom. The molecular formula is C15H23N5. The number of aromatic nitrogens is 1. The van der Waals surface area contributed by atoms with Crippen molar-refractivity contribution >= 4 is 17.3 Å². The van der Waals surface area contributed by atoms with E-state index in [9.17, 15) is 0 Å². The number of nitrogens with one attached hydrogen (secondary N) is 1. The van der Waals surface area contributed by atoms with Crippen LogP contribution in [0.15, 0.2) is 12.1 Å². The summed E-state index contributed by atoms with van der Waals surface area (Å²) >= 11 is 0. The molecule has 5 heteroatoms. The number of pyridine rings is 1. The molecule has 0 spiro atoms. The fraction of sp³-hybridized carbons (Fsp3) is 0.667. The summed E-state index contributed by atoms with van der Waals surface area (Å²) in [7, 11) is 2.20. The maximum atomic E-state index is 4.90. The minimum atomic E-state index is 0.598. The molecule has 1 aromatic rings. The van der Waals surface area contributed by atoms with E-state index in [1.165, 1.54) is 31.6 Å². The van der Waals surface area contributed by atoms with E-state index in [-0.39, 0.29) is 0 Å². The van der Waals surface area contributed by atoms with Crippen LogP contribution in [-0.4, -0.2) is 62.2 Å². The van der Waals surface area contributed by atoms with Gasteiger partial charge in [-0.1, -0.05) is 0 Å². The molecule has 0 aliphatic carbocycles.